The number of rotatable bonds is 15. The van der Waals surface area contributed by atoms with Gasteiger partial charge >= 0.3 is 5.97 Å². The summed E-state index contributed by atoms with van der Waals surface area (Å²) in [5, 5.41) is 12.5. The summed E-state index contributed by atoms with van der Waals surface area (Å²) < 4.78 is 14.8. The fraction of sp³-hybridized carbons (Fsp3) is 0.611. The zero-order chi connectivity index (χ0) is 30.7. The van der Waals surface area contributed by atoms with Crippen molar-refractivity contribution in [2.24, 2.45) is 11.8 Å². The Morgan fingerprint density at radius 2 is 1.51 bits per heavy atom. The van der Waals surface area contributed by atoms with Crippen LogP contribution >= 0.6 is 18.9 Å². The SMILES string of the molecule is CSCC[C@H](NC(=O)c1ccc(CP(=O)(CCC2CCCCC2)CCC2CCCCC2)cc1-c1ccccc1C)C(=O)O. The minimum Gasteiger partial charge on any atom is -0.480 e. The third kappa shape index (κ3) is 10.2. The van der Waals surface area contributed by atoms with Crippen LogP contribution in [0.3, 0.4) is 0 Å². The van der Waals surface area contributed by atoms with Crippen molar-refractivity contribution >= 4 is 30.8 Å². The number of carbonyl (C=O) groups is 2. The van der Waals surface area contributed by atoms with Gasteiger partial charge in [-0.2, -0.15) is 11.8 Å². The van der Waals surface area contributed by atoms with E-state index in [-0.39, 0.29) is 5.91 Å². The standard InChI is InChI=1S/C36H52NO4PS/c1-27-11-9-10-16-31(27)33-25-30(17-18-32(33)35(38)37-34(36(39)40)21-24-43-2)26-42(41,22-19-28-12-5-3-6-13-28)23-20-29-14-7-4-8-15-29/h9-11,16-18,25,28-29,34H,3-8,12-15,19-24,26H2,1-2H3,(H,37,38)(H,39,40)/t34-/m0/s1. The average Bonchev–Trinajstić information content (AvgIpc) is 3.02. The summed E-state index contributed by atoms with van der Waals surface area (Å²) in [6, 6.07) is 12.9. The van der Waals surface area contributed by atoms with Crippen LogP contribution in [-0.2, 0) is 15.5 Å². The highest BCUT2D eigenvalue weighted by Crippen LogP contribution is 2.53. The second kappa shape index (κ2) is 16.9. The van der Waals surface area contributed by atoms with Crippen LogP contribution in [0.15, 0.2) is 42.5 Å². The molecule has 0 aliphatic heterocycles. The Morgan fingerprint density at radius 1 is 0.907 bits per heavy atom. The Kier molecular flexibility index (Phi) is 13.3. The maximum absolute atomic E-state index is 14.8. The van der Waals surface area contributed by atoms with Crippen molar-refractivity contribution < 1.29 is 19.3 Å². The molecule has 1 atom stereocenters. The van der Waals surface area contributed by atoms with Crippen LogP contribution in [0.1, 0.15) is 105 Å². The molecular weight excluding hydrogens is 573 g/mol. The predicted molar refractivity (Wildman–Crippen MR) is 182 cm³/mol. The van der Waals surface area contributed by atoms with Crippen LogP contribution in [0.25, 0.3) is 11.1 Å². The van der Waals surface area contributed by atoms with Crippen molar-refractivity contribution in [3.05, 3.63) is 59.2 Å². The monoisotopic (exact) mass is 625 g/mol. The first-order valence-corrected chi connectivity index (χ1v) is 20.2. The van der Waals surface area contributed by atoms with Gasteiger partial charge in [0.05, 0.1) is 7.14 Å². The molecule has 7 heteroatoms. The van der Waals surface area contributed by atoms with Crippen molar-refractivity contribution in [1.29, 1.82) is 0 Å². The highest BCUT2D eigenvalue weighted by Gasteiger charge is 2.28. The molecule has 0 unspecified atom stereocenters. The number of aryl methyl sites for hydroxylation is 1. The minimum atomic E-state index is -2.47. The largest absolute Gasteiger partial charge is 0.480 e. The molecule has 0 aromatic heterocycles. The molecule has 43 heavy (non-hydrogen) atoms. The van der Waals surface area contributed by atoms with Gasteiger partial charge in [-0.15, -0.1) is 0 Å². The quantitative estimate of drug-likeness (QED) is 0.193. The Balaban J connectivity index is 1.61. The van der Waals surface area contributed by atoms with Crippen LogP contribution in [0.4, 0.5) is 0 Å². The lowest BCUT2D eigenvalue weighted by Gasteiger charge is -2.27. The number of benzene rings is 2. The first kappa shape index (κ1) is 33.8. The lowest BCUT2D eigenvalue weighted by atomic mass is 9.87. The van der Waals surface area contributed by atoms with E-state index in [9.17, 15) is 19.3 Å². The van der Waals surface area contributed by atoms with Gasteiger partial charge in [-0.25, -0.2) is 4.79 Å². The first-order chi connectivity index (χ1) is 20.8. The summed E-state index contributed by atoms with van der Waals surface area (Å²) >= 11 is 1.56. The topological polar surface area (TPSA) is 83.5 Å². The van der Waals surface area contributed by atoms with Crippen molar-refractivity contribution in [1.82, 2.24) is 5.32 Å². The number of nitrogens with one attached hydrogen (secondary N) is 1. The van der Waals surface area contributed by atoms with E-state index >= 15 is 0 Å². The van der Waals surface area contributed by atoms with Crippen molar-refractivity contribution in [2.75, 3.05) is 24.3 Å². The zero-order valence-electron chi connectivity index (χ0n) is 26.3. The number of hydrogen-bond donors (Lipinski definition) is 2. The highest BCUT2D eigenvalue weighted by atomic mass is 32.2. The molecule has 2 saturated carbocycles. The molecule has 5 nitrogen and oxygen atoms in total. The second-order valence-corrected chi connectivity index (χ2v) is 17.4. The van der Waals surface area contributed by atoms with Gasteiger partial charge < -0.3 is 15.0 Å². The number of aliphatic carboxylic acids is 1. The molecule has 2 aromatic rings. The fourth-order valence-electron chi connectivity index (χ4n) is 7.10. The zero-order valence-corrected chi connectivity index (χ0v) is 28.0. The number of carboxylic acids is 1. The van der Waals surface area contributed by atoms with Gasteiger partial charge in [0.15, 0.2) is 0 Å². The lowest BCUT2D eigenvalue weighted by Crippen LogP contribution is -2.41. The molecule has 236 valence electrons. The Morgan fingerprint density at radius 3 is 2.07 bits per heavy atom. The molecule has 0 spiro atoms. The molecule has 2 fully saturated rings. The van der Waals surface area contributed by atoms with Crippen molar-refractivity contribution in [3.8, 4) is 11.1 Å². The number of amides is 1. The van der Waals surface area contributed by atoms with Gasteiger partial charge in [0.2, 0.25) is 0 Å². The molecule has 2 aliphatic carbocycles. The molecule has 0 heterocycles. The molecule has 2 aliphatic rings. The van der Waals surface area contributed by atoms with E-state index in [2.05, 4.69) is 11.4 Å². The highest BCUT2D eigenvalue weighted by molar-refractivity contribution is 7.98. The van der Waals surface area contributed by atoms with E-state index in [0.29, 0.717) is 35.7 Å². The van der Waals surface area contributed by atoms with Crippen LogP contribution < -0.4 is 5.32 Å². The van der Waals surface area contributed by atoms with Gasteiger partial charge in [0.1, 0.15) is 6.04 Å². The molecule has 1 amide bonds. The first-order valence-electron chi connectivity index (χ1n) is 16.6. The van der Waals surface area contributed by atoms with Crippen LogP contribution in [0, 0.1) is 18.8 Å². The molecule has 2 aromatic carbocycles. The maximum Gasteiger partial charge on any atom is 0.326 e. The number of thioether (sulfide) groups is 1. The smallest absolute Gasteiger partial charge is 0.326 e. The molecular formula is C36H52NO4PS. The Hall–Kier alpha value is -2.04. The minimum absolute atomic E-state index is 0.366. The van der Waals surface area contributed by atoms with Gasteiger partial charge in [-0.3, -0.25) is 4.79 Å². The molecule has 0 bridgehead atoms. The summed E-state index contributed by atoms with van der Waals surface area (Å²) in [4.78, 5) is 25.4. The Labute approximate surface area is 263 Å². The maximum atomic E-state index is 14.8. The van der Waals surface area contributed by atoms with Crippen LogP contribution in [-0.4, -0.2) is 47.4 Å². The van der Waals surface area contributed by atoms with E-state index in [1.165, 1.54) is 64.2 Å². The molecule has 2 N–H and O–H groups in total. The van der Waals surface area contributed by atoms with Gasteiger partial charge in [0.25, 0.3) is 5.91 Å². The van der Waals surface area contributed by atoms with Gasteiger partial charge in [0, 0.05) is 24.0 Å². The summed E-state index contributed by atoms with van der Waals surface area (Å²) in [5.74, 6) is 0.666. The predicted octanol–water partition coefficient (Wildman–Crippen LogP) is 9.40. The molecule has 0 radical (unpaired) electrons. The van der Waals surface area contributed by atoms with Crippen LogP contribution in [0.2, 0.25) is 0 Å². The van der Waals surface area contributed by atoms with E-state index in [4.69, 9.17) is 0 Å². The number of hydrogen-bond acceptors (Lipinski definition) is 4. The average molecular weight is 626 g/mol. The van der Waals surface area contributed by atoms with Crippen molar-refractivity contribution in [2.45, 2.75) is 103 Å². The third-order valence-corrected chi connectivity index (χ3v) is 13.5. The normalized spacial score (nSPS) is 17.4. The molecule has 4 rings (SSSR count). The summed E-state index contributed by atoms with van der Waals surface area (Å²) in [6.45, 7) is 2.03. The van der Waals surface area contributed by atoms with Gasteiger partial charge in [-0.1, -0.05) is 94.5 Å². The Bertz CT molecular complexity index is 1230. The van der Waals surface area contributed by atoms with E-state index in [1.807, 2.05) is 49.6 Å². The van der Waals surface area contributed by atoms with E-state index in [0.717, 1.165) is 47.4 Å². The fourth-order valence-corrected chi connectivity index (χ4v) is 10.6. The summed E-state index contributed by atoms with van der Waals surface area (Å²) in [5.41, 5.74) is 4.26. The summed E-state index contributed by atoms with van der Waals surface area (Å²) in [6.07, 6.45) is 19.6. The van der Waals surface area contributed by atoms with E-state index < -0.39 is 19.2 Å². The van der Waals surface area contributed by atoms with Crippen LogP contribution in [0.5, 0.6) is 0 Å². The van der Waals surface area contributed by atoms with E-state index in [1.54, 1.807) is 11.8 Å². The molecule has 0 saturated heterocycles. The van der Waals surface area contributed by atoms with Gasteiger partial charge in [-0.05, 0) is 84.4 Å². The lowest BCUT2D eigenvalue weighted by molar-refractivity contribution is -0.139. The summed E-state index contributed by atoms with van der Waals surface area (Å²) in [7, 11) is -2.47. The second-order valence-electron chi connectivity index (χ2n) is 13.1. The number of carboxylic acid groups (broad SMARTS) is 1. The van der Waals surface area contributed by atoms with Crippen molar-refractivity contribution in [3.63, 3.8) is 0 Å². The number of carbonyl (C=O) groups excluding carboxylic acids is 1. The third-order valence-electron chi connectivity index (χ3n) is 9.79.